The summed E-state index contributed by atoms with van der Waals surface area (Å²) >= 11 is 0. The number of carbonyl (C=O) groups is 1. The predicted octanol–water partition coefficient (Wildman–Crippen LogP) is 4.07. The third kappa shape index (κ3) is 4.26. The number of amides is 1. The van der Waals surface area contributed by atoms with E-state index in [4.69, 9.17) is 10.2 Å². The highest BCUT2D eigenvalue weighted by molar-refractivity contribution is 5.99. The molecule has 0 aliphatic heterocycles. The largest absolute Gasteiger partial charge is 0.436 e. The Morgan fingerprint density at radius 3 is 2.48 bits per heavy atom. The highest BCUT2D eigenvalue weighted by Gasteiger charge is 2.24. The molecule has 0 fully saturated rings. The summed E-state index contributed by atoms with van der Waals surface area (Å²) < 4.78 is 5.95. The highest BCUT2D eigenvalue weighted by atomic mass is 16.4. The van der Waals surface area contributed by atoms with Crippen LogP contribution in [0.4, 0.5) is 0 Å². The number of oxazole rings is 1. The van der Waals surface area contributed by atoms with E-state index in [1.165, 1.54) is 0 Å². The molecule has 0 aliphatic rings. The van der Waals surface area contributed by atoms with Crippen LogP contribution in [0, 0.1) is 5.41 Å². The molecule has 140 valence electrons. The number of rotatable bonds is 6. The number of hydrogen-bond donors (Lipinski definition) is 1. The lowest BCUT2D eigenvalue weighted by molar-refractivity contribution is 0.0741. The van der Waals surface area contributed by atoms with E-state index in [1.54, 1.807) is 24.2 Å². The average molecular weight is 363 g/mol. The molecular formula is C22H25N3O2. The number of aromatic nitrogens is 1. The van der Waals surface area contributed by atoms with Gasteiger partial charge < -0.3 is 15.1 Å². The van der Waals surface area contributed by atoms with Gasteiger partial charge in [-0.05, 0) is 24.1 Å². The molecule has 2 N–H and O–H groups in total. The summed E-state index contributed by atoms with van der Waals surface area (Å²) in [4.78, 5) is 19.1. The van der Waals surface area contributed by atoms with Crippen molar-refractivity contribution in [3.63, 3.8) is 0 Å². The minimum absolute atomic E-state index is 0.0772. The summed E-state index contributed by atoms with van der Waals surface area (Å²) in [6.07, 6.45) is 1.69. The van der Waals surface area contributed by atoms with Crippen LogP contribution in [0.5, 0.6) is 0 Å². The Morgan fingerprint density at radius 1 is 1.11 bits per heavy atom. The molecule has 0 bridgehead atoms. The van der Waals surface area contributed by atoms with Crippen molar-refractivity contribution in [2.45, 2.75) is 13.8 Å². The zero-order chi connectivity index (χ0) is 19.4. The molecule has 2 aromatic carbocycles. The smallest absolute Gasteiger partial charge is 0.254 e. The number of carbonyl (C=O) groups excluding carboxylic acids is 1. The van der Waals surface area contributed by atoms with Crippen molar-refractivity contribution in [3.8, 4) is 22.8 Å². The fraction of sp³-hybridized carbons (Fsp3) is 0.273. The fourth-order valence-corrected chi connectivity index (χ4v) is 2.97. The molecule has 5 nitrogen and oxygen atoms in total. The van der Waals surface area contributed by atoms with E-state index in [1.807, 2.05) is 62.4 Å². The molecule has 0 aliphatic carbocycles. The van der Waals surface area contributed by atoms with E-state index in [2.05, 4.69) is 4.98 Å². The van der Waals surface area contributed by atoms with Gasteiger partial charge in [0.2, 0.25) is 5.89 Å². The fourth-order valence-electron chi connectivity index (χ4n) is 2.97. The Morgan fingerprint density at radius 2 is 1.78 bits per heavy atom. The Balaban J connectivity index is 1.91. The van der Waals surface area contributed by atoms with Crippen molar-refractivity contribution in [1.82, 2.24) is 9.88 Å². The Hall–Kier alpha value is -2.92. The molecular weight excluding hydrogens is 338 g/mol. The summed E-state index contributed by atoms with van der Waals surface area (Å²) in [5.41, 5.74) is 7.85. The summed E-state index contributed by atoms with van der Waals surface area (Å²) in [5, 5.41) is 0. The molecule has 0 spiro atoms. The van der Waals surface area contributed by atoms with Gasteiger partial charge in [0.05, 0.1) is 11.8 Å². The quantitative estimate of drug-likeness (QED) is 0.717. The first-order valence-corrected chi connectivity index (χ1v) is 8.97. The van der Waals surface area contributed by atoms with Crippen LogP contribution in [-0.4, -0.2) is 35.9 Å². The second-order valence-electron chi connectivity index (χ2n) is 7.47. The van der Waals surface area contributed by atoms with Gasteiger partial charge in [-0.25, -0.2) is 4.98 Å². The lowest BCUT2D eigenvalue weighted by Crippen LogP contribution is -2.39. The van der Waals surface area contributed by atoms with Crippen LogP contribution in [0.25, 0.3) is 22.8 Å². The maximum Gasteiger partial charge on any atom is 0.254 e. The second-order valence-corrected chi connectivity index (χ2v) is 7.47. The van der Waals surface area contributed by atoms with Gasteiger partial charge in [-0.3, -0.25) is 4.79 Å². The van der Waals surface area contributed by atoms with E-state index in [9.17, 15) is 4.79 Å². The van der Waals surface area contributed by atoms with E-state index < -0.39 is 0 Å². The molecule has 0 atom stereocenters. The Labute approximate surface area is 159 Å². The van der Waals surface area contributed by atoms with E-state index in [0.29, 0.717) is 35.9 Å². The monoisotopic (exact) mass is 363 g/mol. The molecule has 1 heterocycles. The van der Waals surface area contributed by atoms with Crippen LogP contribution < -0.4 is 5.73 Å². The van der Waals surface area contributed by atoms with E-state index >= 15 is 0 Å². The van der Waals surface area contributed by atoms with Gasteiger partial charge in [-0.1, -0.05) is 56.3 Å². The zero-order valence-electron chi connectivity index (χ0n) is 16.0. The van der Waals surface area contributed by atoms with Gasteiger partial charge in [0.25, 0.3) is 5.91 Å². The van der Waals surface area contributed by atoms with Gasteiger partial charge >= 0.3 is 0 Å². The number of benzene rings is 2. The molecule has 3 aromatic rings. The number of hydrogen-bond acceptors (Lipinski definition) is 4. The van der Waals surface area contributed by atoms with Gasteiger partial charge in [-0.15, -0.1) is 0 Å². The molecule has 1 amide bonds. The first-order valence-electron chi connectivity index (χ1n) is 8.97. The average Bonchev–Trinajstić information content (AvgIpc) is 3.18. The zero-order valence-corrected chi connectivity index (χ0v) is 16.0. The second kappa shape index (κ2) is 7.76. The predicted molar refractivity (Wildman–Crippen MR) is 107 cm³/mol. The Kier molecular flexibility index (Phi) is 5.42. The molecule has 27 heavy (non-hydrogen) atoms. The topological polar surface area (TPSA) is 72.4 Å². The van der Waals surface area contributed by atoms with Crippen molar-refractivity contribution < 1.29 is 9.21 Å². The molecule has 0 unspecified atom stereocenters. The number of nitrogens with two attached hydrogens (primary N) is 1. The molecule has 3 rings (SSSR count). The summed E-state index contributed by atoms with van der Waals surface area (Å²) in [7, 11) is 1.79. The van der Waals surface area contributed by atoms with Crippen LogP contribution in [0.1, 0.15) is 24.2 Å². The standard InChI is InChI=1S/C22H25N3O2/c1-22(2,14-23)15-25(3)21(26)18-12-8-7-11-17(18)20-24-13-19(27-20)16-9-5-4-6-10-16/h4-13H,14-15,23H2,1-3H3. The first kappa shape index (κ1) is 18.9. The Bertz CT molecular complexity index is 916. The lowest BCUT2D eigenvalue weighted by atomic mass is 9.93. The van der Waals surface area contributed by atoms with Gasteiger partial charge in [-0.2, -0.15) is 0 Å². The van der Waals surface area contributed by atoms with Crippen LogP contribution in [0.15, 0.2) is 65.2 Å². The van der Waals surface area contributed by atoms with E-state index in [-0.39, 0.29) is 11.3 Å². The van der Waals surface area contributed by atoms with Crippen molar-refractivity contribution in [2.24, 2.45) is 11.1 Å². The maximum absolute atomic E-state index is 13.0. The lowest BCUT2D eigenvalue weighted by Gasteiger charge is -2.29. The summed E-state index contributed by atoms with van der Waals surface area (Å²) in [6.45, 7) is 5.16. The highest BCUT2D eigenvalue weighted by Crippen LogP contribution is 2.29. The third-order valence-electron chi connectivity index (χ3n) is 4.52. The number of nitrogens with zero attached hydrogens (tertiary/aromatic N) is 2. The van der Waals surface area contributed by atoms with Crippen molar-refractivity contribution >= 4 is 5.91 Å². The van der Waals surface area contributed by atoms with Crippen LogP contribution in [0.3, 0.4) is 0 Å². The van der Waals surface area contributed by atoms with Crippen LogP contribution in [0.2, 0.25) is 0 Å². The third-order valence-corrected chi connectivity index (χ3v) is 4.52. The van der Waals surface area contributed by atoms with Gasteiger partial charge in [0, 0.05) is 24.7 Å². The first-order chi connectivity index (χ1) is 12.9. The molecule has 0 radical (unpaired) electrons. The maximum atomic E-state index is 13.0. The summed E-state index contributed by atoms with van der Waals surface area (Å²) in [6, 6.07) is 17.2. The van der Waals surface area contributed by atoms with Crippen molar-refractivity contribution in [2.75, 3.05) is 20.1 Å². The van der Waals surface area contributed by atoms with Crippen molar-refractivity contribution in [3.05, 3.63) is 66.4 Å². The molecule has 0 saturated carbocycles. The SMILES string of the molecule is CN(CC(C)(C)CN)C(=O)c1ccccc1-c1ncc(-c2ccccc2)o1. The minimum atomic E-state index is -0.150. The molecule has 5 heteroatoms. The van der Waals surface area contributed by atoms with Crippen LogP contribution >= 0.6 is 0 Å². The minimum Gasteiger partial charge on any atom is -0.436 e. The van der Waals surface area contributed by atoms with Crippen molar-refractivity contribution in [1.29, 1.82) is 0 Å². The molecule has 0 saturated heterocycles. The summed E-state index contributed by atoms with van der Waals surface area (Å²) in [5.74, 6) is 1.03. The van der Waals surface area contributed by atoms with Crippen LogP contribution in [-0.2, 0) is 0 Å². The normalized spacial score (nSPS) is 11.4. The molecule has 1 aromatic heterocycles. The van der Waals surface area contributed by atoms with Gasteiger partial charge in [0.15, 0.2) is 5.76 Å². The van der Waals surface area contributed by atoms with Gasteiger partial charge in [0.1, 0.15) is 0 Å². The van der Waals surface area contributed by atoms with E-state index in [0.717, 1.165) is 5.56 Å².